The van der Waals surface area contributed by atoms with Crippen molar-refractivity contribution in [1.82, 2.24) is 4.98 Å². The zero-order valence-electron chi connectivity index (χ0n) is 12.0. The van der Waals surface area contributed by atoms with Crippen molar-refractivity contribution in [3.8, 4) is 0 Å². The second kappa shape index (κ2) is 5.73. The topological polar surface area (TPSA) is 77.5 Å². The maximum absolute atomic E-state index is 10.8. The van der Waals surface area contributed by atoms with Crippen LogP contribution < -0.4 is 5.43 Å². The molecule has 0 aliphatic carbocycles. The van der Waals surface area contributed by atoms with Gasteiger partial charge in [-0.1, -0.05) is 18.2 Å². The van der Waals surface area contributed by atoms with Gasteiger partial charge in [0.2, 0.25) is 0 Å². The monoisotopic (exact) mass is 293 g/mol. The Balaban J connectivity index is 1.79. The van der Waals surface area contributed by atoms with Gasteiger partial charge in [-0.15, -0.1) is 0 Å². The molecule has 0 aliphatic heterocycles. The third-order valence-corrected chi connectivity index (χ3v) is 3.46. The lowest BCUT2D eigenvalue weighted by Crippen LogP contribution is -1.96. The van der Waals surface area contributed by atoms with Gasteiger partial charge in [-0.2, -0.15) is 5.10 Å². The fourth-order valence-corrected chi connectivity index (χ4v) is 2.32. The van der Waals surface area contributed by atoms with Crippen molar-refractivity contribution in [2.24, 2.45) is 5.10 Å². The number of nitrogens with one attached hydrogen (secondary N) is 2. The number of aryl methyl sites for hydroxylation is 1. The molecular formula is C17H15N3O2. The number of anilines is 1. The summed E-state index contributed by atoms with van der Waals surface area (Å²) in [6.07, 6.45) is 1.76. The molecule has 0 unspecified atom stereocenters. The molecule has 3 aromatic rings. The zero-order valence-corrected chi connectivity index (χ0v) is 12.0. The van der Waals surface area contributed by atoms with E-state index in [1.165, 1.54) is 12.1 Å². The molecule has 0 radical (unpaired) electrons. The normalized spacial score (nSPS) is 11.1. The molecule has 0 bridgehead atoms. The fourth-order valence-electron chi connectivity index (χ4n) is 2.32. The fraction of sp³-hybridized carbons (Fsp3) is 0.0588. The van der Waals surface area contributed by atoms with E-state index in [9.17, 15) is 4.79 Å². The number of para-hydroxylation sites is 1. The van der Waals surface area contributed by atoms with Crippen molar-refractivity contribution >= 4 is 28.8 Å². The van der Waals surface area contributed by atoms with Crippen molar-refractivity contribution in [2.45, 2.75) is 6.92 Å². The number of carboxylic acid groups (broad SMARTS) is 1. The SMILES string of the molecule is Cc1[nH]c2ccccc2c1C=NNc1ccc(C(=O)O)cc1. The van der Waals surface area contributed by atoms with Gasteiger partial charge >= 0.3 is 5.97 Å². The molecule has 2 aromatic carbocycles. The smallest absolute Gasteiger partial charge is 0.335 e. The number of hydrogen-bond acceptors (Lipinski definition) is 3. The van der Waals surface area contributed by atoms with Gasteiger partial charge in [0.15, 0.2) is 0 Å². The first-order valence-electron chi connectivity index (χ1n) is 6.85. The second-order valence-corrected chi connectivity index (χ2v) is 4.96. The Kier molecular flexibility index (Phi) is 3.62. The van der Waals surface area contributed by atoms with E-state index in [2.05, 4.69) is 15.5 Å². The molecule has 3 rings (SSSR count). The molecule has 0 fully saturated rings. The highest BCUT2D eigenvalue weighted by atomic mass is 16.4. The summed E-state index contributed by atoms with van der Waals surface area (Å²) in [5.74, 6) is -0.940. The minimum atomic E-state index is -0.940. The number of hydrogen-bond donors (Lipinski definition) is 3. The van der Waals surface area contributed by atoms with E-state index in [-0.39, 0.29) is 5.56 Å². The maximum Gasteiger partial charge on any atom is 0.335 e. The van der Waals surface area contributed by atoms with Crippen LogP contribution in [0.5, 0.6) is 0 Å². The van der Waals surface area contributed by atoms with Crippen LogP contribution >= 0.6 is 0 Å². The summed E-state index contributed by atoms with van der Waals surface area (Å²) in [6.45, 7) is 2.00. The van der Waals surface area contributed by atoms with Gasteiger partial charge in [0.05, 0.1) is 17.5 Å². The summed E-state index contributed by atoms with van der Waals surface area (Å²) in [4.78, 5) is 14.1. The van der Waals surface area contributed by atoms with Crippen LogP contribution in [-0.2, 0) is 0 Å². The highest BCUT2D eigenvalue weighted by Crippen LogP contribution is 2.20. The van der Waals surface area contributed by atoms with E-state index < -0.39 is 5.97 Å². The average Bonchev–Trinajstić information content (AvgIpc) is 2.84. The second-order valence-electron chi connectivity index (χ2n) is 4.96. The molecule has 0 atom stereocenters. The first-order chi connectivity index (χ1) is 10.6. The standard InChI is InChI=1S/C17H15N3O2/c1-11-15(14-4-2-3-5-16(14)19-11)10-18-20-13-8-6-12(7-9-13)17(21)22/h2-10,19-20H,1H3,(H,21,22). The first-order valence-corrected chi connectivity index (χ1v) is 6.85. The third kappa shape index (κ3) is 2.69. The third-order valence-electron chi connectivity index (χ3n) is 3.46. The minimum Gasteiger partial charge on any atom is -0.478 e. The summed E-state index contributed by atoms with van der Waals surface area (Å²) in [6, 6.07) is 14.5. The number of carbonyl (C=O) groups is 1. The van der Waals surface area contributed by atoms with Gasteiger partial charge in [-0.05, 0) is 37.3 Å². The largest absolute Gasteiger partial charge is 0.478 e. The van der Waals surface area contributed by atoms with E-state index in [0.29, 0.717) is 0 Å². The molecule has 0 saturated carbocycles. The predicted molar refractivity (Wildman–Crippen MR) is 87.7 cm³/mol. The van der Waals surface area contributed by atoms with E-state index in [0.717, 1.165) is 27.8 Å². The van der Waals surface area contributed by atoms with E-state index >= 15 is 0 Å². The average molecular weight is 293 g/mol. The number of rotatable bonds is 4. The summed E-state index contributed by atoms with van der Waals surface area (Å²) in [5.41, 5.74) is 7.05. The van der Waals surface area contributed by atoms with Gasteiger partial charge in [-0.25, -0.2) is 4.79 Å². The number of aromatic carboxylic acids is 1. The van der Waals surface area contributed by atoms with Crippen LogP contribution in [0.15, 0.2) is 53.6 Å². The Hall–Kier alpha value is -3.08. The van der Waals surface area contributed by atoms with Crippen LogP contribution in [0.1, 0.15) is 21.6 Å². The lowest BCUT2D eigenvalue weighted by atomic mass is 10.1. The molecule has 0 saturated heterocycles. The van der Waals surface area contributed by atoms with Crippen molar-refractivity contribution < 1.29 is 9.90 Å². The van der Waals surface area contributed by atoms with Crippen LogP contribution in [0.25, 0.3) is 10.9 Å². The van der Waals surface area contributed by atoms with Crippen LogP contribution in [0.2, 0.25) is 0 Å². The maximum atomic E-state index is 10.8. The number of benzene rings is 2. The van der Waals surface area contributed by atoms with Crippen molar-refractivity contribution in [1.29, 1.82) is 0 Å². The summed E-state index contributed by atoms with van der Waals surface area (Å²) in [7, 11) is 0. The molecule has 3 N–H and O–H groups in total. The number of fused-ring (bicyclic) bond motifs is 1. The van der Waals surface area contributed by atoms with Crippen LogP contribution in [0.4, 0.5) is 5.69 Å². The highest BCUT2D eigenvalue weighted by molar-refractivity contribution is 6.00. The molecule has 1 aromatic heterocycles. The van der Waals surface area contributed by atoms with Crippen molar-refractivity contribution in [3.05, 3.63) is 65.4 Å². The lowest BCUT2D eigenvalue weighted by molar-refractivity contribution is 0.0697. The quantitative estimate of drug-likeness (QED) is 0.508. The Morgan fingerprint density at radius 3 is 2.64 bits per heavy atom. The Morgan fingerprint density at radius 2 is 1.91 bits per heavy atom. The van der Waals surface area contributed by atoms with Gasteiger partial charge in [0.1, 0.15) is 0 Å². The number of nitrogens with zero attached hydrogens (tertiary/aromatic N) is 1. The lowest BCUT2D eigenvalue weighted by Gasteiger charge is -2.00. The summed E-state index contributed by atoms with van der Waals surface area (Å²) < 4.78 is 0. The number of H-pyrrole nitrogens is 1. The number of aromatic nitrogens is 1. The first kappa shape index (κ1) is 13.9. The Morgan fingerprint density at radius 1 is 1.18 bits per heavy atom. The van der Waals surface area contributed by atoms with Gasteiger partial charge < -0.3 is 10.1 Å². The summed E-state index contributed by atoms with van der Waals surface area (Å²) >= 11 is 0. The zero-order chi connectivity index (χ0) is 15.5. The molecule has 0 amide bonds. The molecular weight excluding hydrogens is 278 g/mol. The van der Waals surface area contributed by atoms with Crippen LogP contribution in [-0.4, -0.2) is 22.3 Å². The Bertz CT molecular complexity index is 848. The Labute approximate surface area is 127 Å². The number of carboxylic acids is 1. The molecule has 1 heterocycles. The molecule has 22 heavy (non-hydrogen) atoms. The molecule has 0 aliphatic rings. The van der Waals surface area contributed by atoms with Crippen molar-refractivity contribution in [2.75, 3.05) is 5.43 Å². The number of aromatic amines is 1. The molecule has 5 heteroatoms. The van der Waals surface area contributed by atoms with Gasteiger partial charge in [0.25, 0.3) is 0 Å². The van der Waals surface area contributed by atoms with Gasteiger partial charge in [0, 0.05) is 22.2 Å². The van der Waals surface area contributed by atoms with Gasteiger partial charge in [-0.3, -0.25) is 5.43 Å². The molecule has 0 spiro atoms. The number of hydrazone groups is 1. The van der Waals surface area contributed by atoms with Crippen LogP contribution in [0, 0.1) is 6.92 Å². The minimum absolute atomic E-state index is 0.252. The van der Waals surface area contributed by atoms with Crippen molar-refractivity contribution in [3.63, 3.8) is 0 Å². The summed E-state index contributed by atoms with van der Waals surface area (Å²) in [5, 5.41) is 14.2. The van der Waals surface area contributed by atoms with E-state index in [1.54, 1.807) is 18.3 Å². The molecule has 110 valence electrons. The molecule has 5 nitrogen and oxygen atoms in total. The highest BCUT2D eigenvalue weighted by Gasteiger charge is 2.05. The van der Waals surface area contributed by atoms with Crippen LogP contribution in [0.3, 0.4) is 0 Å². The van der Waals surface area contributed by atoms with E-state index in [4.69, 9.17) is 5.11 Å². The van der Waals surface area contributed by atoms with E-state index in [1.807, 2.05) is 31.2 Å². The predicted octanol–water partition coefficient (Wildman–Crippen LogP) is 3.62.